The number of hydrogen-bond acceptors (Lipinski definition) is 3. The van der Waals surface area contributed by atoms with E-state index in [2.05, 4.69) is 30.9 Å². The van der Waals surface area contributed by atoms with Gasteiger partial charge in [-0.1, -0.05) is 6.92 Å². The van der Waals surface area contributed by atoms with E-state index in [0.717, 1.165) is 39.1 Å². The summed E-state index contributed by atoms with van der Waals surface area (Å²) >= 11 is 0. The highest BCUT2D eigenvalue weighted by atomic mass is 16.5. The number of morpholine rings is 1. The zero-order valence-corrected chi connectivity index (χ0v) is 11.9. The second kappa shape index (κ2) is 6.34. The first-order chi connectivity index (χ1) is 8.72. The zero-order chi connectivity index (χ0) is 13.0. The minimum Gasteiger partial charge on any atom is -0.379 e. The average molecular weight is 251 g/mol. The third-order valence-electron chi connectivity index (χ3n) is 3.85. The lowest BCUT2D eigenvalue weighted by Gasteiger charge is -2.26. The van der Waals surface area contributed by atoms with Crippen LogP contribution in [0, 0.1) is 6.92 Å². The molecule has 0 aromatic carbocycles. The van der Waals surface area contributed by atoms with Gasteiger partial charge in [-0.05, 0) is 38.3 Å². The Morgan fingerprint density at radius 2 is 2.00 bits per heavy atom. The molecule has 0 aliphatic carbocycles. The molecule has 2 heterocycles. The zero-order valence-electron chi connectivity index (χ0n) is 11.9. The fourth-order valence-corrected chi connectivity index (χ4v) is 2.75. The smallest absolute Gasteiger partial charge is 0.0657 e. The summed E-state index contributed by atoms with van der Waals surface area (Å²) in [5.74, 6) is 0. The monoisotopic (exact) mass is 251 g/mol. The fourth-order valence-electron chi connectivity index (χ4n) is 2.75. The number of rotatable bonds is 5. The second-order valence-corrected chi connectivity index (χ2v) is 5.05. The number of aromatic nitrogens is 2. The molecule has 1 aromatic heterocycles. The summed E-state index contributed by atoms with van der Waals surface area (Å²) in [7, 11) is 2.05. The Morgan fingerprint density at radius 3 is 2.61 bits per heavy atom. The van der Waals surface area contributed by atoms with Crippen molar-refractivity contribution in [1.29, 1.82) is 0 Å². The highest BCUT2D eigenvalue weighted by molar-refractivity contribution is 5.24. The molecule has 0 bridgehead atoms. The molecule has 1 fully saturated rings. The van der Waals surface area contributed by atoms with E-state index >= 15 is 0 Å². The first-order valence-electron chi connectivity index (χ1n) is 7.03. The molecule has 0 atom stereocenters. The first-order valence-corrected chi connectivity index (χ1v) is 7.03. The normalized spacial score (nSPS) is 17.3. The summed E-state index contributed by atoms with van der Waals surface area (Å²) in [6, 6.07) is 0. The maximum atomic E-state index is 5.36. The van der Waals surface area contributed by atoms with Gasteiger partial charge in [0.2, 0.25) is 0 Å². The predicted molar refractivity (Wildman–Crippen MR) is 72.9 cm³/mol. The third-order valence-corrected chi connectivity index (χ3v) is 3.85. The summed E-state index contributed by atoms with van der Waals surface area (Å²) in [6.07, 6.45) is 3.36. The fraction of sp³-hybridized carbons (Fsp3) is 0.786. The summed E-state index contributed by atoms with van der Waals surface area (Å²) in [5.41, 5.74) is 4.04. The van der Waals surface area contributed by atoms with Crippen molar-refractivity contribution in [1.82, 2.24) is 14.7 Å². The van der Waals surface area contributed by atoms with Crippen molar-refractivity contribution in [2.45, 2.75) is 33.1 Å². The van der Waals surface area contributed by atoms with Gasteiger partial charge < -0.3 is 4.74 Å². The summed E-state index contributed by atoms with van der Waals surface area (Å²) < 4.78 is 7.40. The van der Waals surface area contributed by atoms with Gasteiger partial charge in [-0.15, -0.1) is 0 Å². The highest BCUT2D eigenvalue weighted by Gasteiger charge is 2.12. The number of aryl methyl sites for hydroxylation is 2. The lowest BCUT2D eigenvalue weighted by molar-refractivity contribution is 0.0374. The molecule has 1 aliphatic heterocycles. The predicted octanol–water partition coefficient (Wildman–Crippen LogP) is 1.56. The summed E-state index contributed by atoms with van der Waals surface area (Å²) in [4.78, 5) is 2.49. The number of nitrogens with zero attached hydrogens (tertiary/aromatic N) is 3. The van der Waals surface area contributed by atoms with E-state index < -0.39 is 0 Å². The average Bonchev–Trinajstić information content (AvgIpc) is 2.65. The van der Waals surface area contributed by atoms with E-state index in [1.807, 2.05) is 4.68 Å². The lowest BCUT2D eigenvalue weighted by atomic mass is 10.1. The molecule has 0 saturated carbocycles. The van der Waals surface area contributed by atoms with Gasteiger partial charge in [-0.25, -0.2) is 0 Å². The first kappa shape index (κ1) is 13.6. The van der Waals surface area contributed by atoms with Gasteiger partial charge in [-0.2, -0.15) is 5.10 Å². The Morgan fingerprint density at radius 1 is 1.28 bits per heavy atom. The van der Waals surface area contributed by atoms with Crippen LogP contribution in [0.2, 0.25) is 0 Å². The molecule has 1 saturated heterocycles. The standard InChI is InChI=1S/C14H25N3O/c1-4-14-12(2)13(15-16(14)3)6-5-7-17-8-10-18-11-9-17/h4-11H2,1-3H3. The van der Waals surface area contributed by atoms with Gasteiger partial charge in [0.15, 0.2) is 0 Å². The molecule has 18 heavy (non-hydrogen) atoms. The van der Waals surface area contributed by atoms with E-state index in [4.69, 9.17) is 4.74 Å². The van der Waals surface area contributed by atoms with Crippen LogP contribution in [-0.4, -0.2) is 47.5 Å². The second-order valence-electron chi connectivity index (χ2n) is 5.05. The van der Waals surface area contributed by atoms with Crippen LogP contribution >= 0.6 is 0 Å². The van der Waals surface area contributed by atoms with Crippen LogP contribution in [0.25, 0.3) is 0 Å². The largest absolute Gasteiger partial charge is 0.379 e. The number of ether oxygens (including phenoxy) is 1. The van der Waals surface area contributed by atoms with Crippen molar-refractivity contribution in [3.05, 3.63) is 17.0 Å². The Labute approximate surface area is 110 Å². The molecule has 0 unspecified atom stereocenters. The summed E-state index contributed by atoms with van der Waals surface area (Å²) in [5, 5.41) is 4.64. The van der Waals surface area contributed by atoms with Crippen molar-refractivity contribution in [2.75, 3.05) is 32.8 Å². The van der Waals surface area contributed by atoms with Crippen LogP contribution in [0.4, 0.5) is 0 Å². The van der Waals surface area contributed by atoms with Gasteiger partial charge >= 0.3 is 0 Å². The van der Waals surface area contributed by atoms with Gasteiger partial charge in [-0.3, -0.25) is 9.58 Å². The molecule has 0 N–H and O–H groups in total. The lowest BCUT2D eigenvalue weighted by Crippen LogP contribution is -2.36. The molecular weight excluding hydrogens is 226 g/mol. The van der Waals surface area contributed by atoms with Crippen LogP contribution in [-0.2, 0) is 24.6 Å². The van der Waals surface area contributed by atoms with Gasteiger partial charge in [0.25, 0.3) is 0 Å². The van der Waals surface area contributed by atoms with E-state index in [-0.39, 0.29) is 0 Å². The van der Waals surface area contributed by atoms with Crippen molar-refractivity contribution in [3.63, 3.8) is 0 Å². The molecule has 4 nitrogen and oxygen atoms in total. The Hall–Kier alpha value is -0.870. The van der Waals surface area contributed by atoms with Crippen molar-refractivity contribution >= 4 is 0 Å². The van der Waals surface area contributed by atoms with Crippen LogP contribution < -0.4 is 0 Å². The van der Waals surface area contributed by atoms with Crippen LogP contribution in [0.3, 0.4) is 0 Å². The molecule has 2 rings (SSSR count). The molecule has 1 aliphatic rings. The molecule has 0 amide bonds. The molecule has 0 radical (unpaired) electrons. The SMILES string of the molecule is CCc1c(C)c(CCCN2CCOCC2)nn1C. The third kappa shape index (κ3) is 3.12. The van der Waals surface area contributed by atoms with E-state index in [1.54, 1.807) is 0 Å². The molecular formula is C14H25N3O. The van der Waals surface area contributed by atoms with Gasteiger partial charge in [0.05, 0.1) is 18.9 Å². The quantitative estimate of drug-likeness (QED) is 0.795. The van der Waals surface area contributed by atoms with Crippen LogP contribution in [0.15, 0.2) is 0 Å². The van der Waals surface area contributed by atoms with E-state index in [9.17, 15) is 0 Å². The molecule has 4 heteroatoms. The molecule has 1 aromatic rings. The minimum atomic E-state index is 0.891. The molecule has 0 spiro atoms. The van der Waals surface area contributed by atoms with E-state index in [0.29, 0.717) is 0 Å². The Balaban J connectivity index is 1.82. The van der Waals surface area contributed by atoms with Crippen molar-refractivity contribution < 1.29 is 4.74 Å². The maximum Gasteiger partial charge on any atom is 0.0657 e. The van der Waals surface area contributed by atoms with Crippen LogP contribution in [0.5, 0.6) is 0 Å². The summed E-state index contributed by atoms with van der Waals surface area (Å²) in [6.45, 7) is 9.52. The number of hydrogen-bond donors (Lipinski definition) is 0. The van der Waals surface area contributed by atoms with Gasteiger partial charge in [0, 0.05) is 25.8 Å². The molecule has 102 valence electrons. The Kier molecular flexibility index (Phi) is 4.78. The minimum absolute atomic E-state index is 0.891. The van der Waals surface area contributed by atoms with Crippen molar-refractivity contribution in [3.8, 4) is 0 Å². The van der Waals surface area contributed by atoms with E-state index in [1.165, 1.54) is 29.9 Å². The van der Waals surface area contributed by atoms with Gasteiger partial charge in [0.1, 0.15) is 0 Å². The van der Waals surface area contributed by atoms with Crippen molar-refractivity contribution in [2.24, 2.45) is 7.05 Å². The topological polar surface area (TPSA) is 30.3 Å². The van der Waals surface area contributed by atoms with Crippen LogP contribution in [0.1, 0.15) is 30.3 Å². The Bertz CT molecular complexity index is 381. The highest BCUT2D eigenvalue weighted by Crippen LogP contribution is 2.15. The maximum absolute atomic E-state index is 5.36.